The summed E-state index contributed by atoms with van der Waals surface area (Å²) in [6.07, 6.45) is 2.54. The van der Waals surface area contributed by atoms with Crippen LogP contribution in [0.15, 0.2) is 35.7 Å². The topological polar surface area (TPSA) is 78.1 Å². The van der Waals surface area contributed by atoms with Crippen molar-refractivity contribution < 1.29 is 8.42 Å². The van der Waals surface area contributed by atoms with Crippen LogP contribution >= 0.6 is 11.6 Å². The Morgan fingerprint density at radius 2 is 2.11 bits per heavy atom. The van der Waals surface area contributed by atoms with E-state index in [4.69, 9.17) is 11.6 Å². The van der Waals surface area contributed by atoms with E-state index in [1.54, 1.807) is 18.2 Å². The second-order valence-electron chi connectivity index (χ2n) is 4.08. The van der Waals surface area contributed by atoms with Crippen LogP contribution in [0.25, 0.3) is 0 Å². The molecule has 0 radical (unpaired) electrons. The lowest BCUT2D eigenvalue weighted by Crippen LogP contribution is -2.14. The monoisotopic (exact) mass is 300 g/mol. The molecule has 0 unspecified atom stereocenters. The lowest BCUT2D eigenvalue weighted by molar-refractivity contribution is 0.598. The fraction of sp³-hybridized carbons (Fsp3) is 0.182. The molecular weight excluding hydrogens is 288 g/mol. The zero-order chi connectivity index (χ0) is 14.0. The van der Waals surface area contributed by atoms with Crippen LogP contribution in [0.5, 0.6) is 0 Å². The smallest absolute Gasteiger partial charge is 0.278 e. The summed E-state index contributed by atoms with van der Waals surface area (Å²) in [7, 11) is 0.0534. The van der Waals surface area contributed by atoms with Crippen molar-refractivity contribution in [3.05, 3.63) is 35.7 Å². The standard InChI is InChI=1S/C11H13ClN4O2S/c1-16(2)10-4-3-8(5-9(10)12)15-19(17,18)11-6-13-7-14-11/h3-7,15H,1-2H3,(H,13,14). The third-order valence-electron chi connectivity index (χ3n) is 2.44. The minimum absolute atomic E-state index is 0.000286. The first-order chi connectivity index (χ1) is 8.90. The fourth-order valence-electron chi connectivity index (χ4n) is 1.53. The molecule has 2 rings (SSSR count). The SMILES string of the molecule is CN(C)c1ccc(NS(=O)(=O)c2cnc[nH]2)cc1Cl. The highest BCUT2D eigenvalue weighted by molar-refractivity contribution is 7.92. The second-order valence-corrected chi connectivity index (χ2v) is 6.14. The molecule has 0 spiro atoms. The Hall–Kier alpha value is -1.73. The van der Waals surface area contributed by atoms with Crippen LogP contribution < -0.4 is 9.62 Å². The summed E-state index contributed by atoms with van der Waals surface area (Å²) >= 11 is 6.08. The first-order valence-corrected chi connectivity index (χ1v) is 7.24. The molecule has 19 heavy (non-hydrogen) atoms. The molecule has 0 fully saturated rings. The first-order valence-electron chi connectivity index (χ1n) is 5.38. The molecule has 0 saturated heterocycles. The fourth-order valence-corrected chi connectivity index (χ4v) is 2.84. The molecule has 1 heterocycles. The number of nitrogens with one attached hydrogen (secondary N) is 2. The molecule has 1 aromatic carbocycles. The van der Waals surface area contributed by atoms with E-state index in [2.05, 4.69) is 14.7 Å². The molecule has 0 aliphatic rings. The van der Waals surface area contributed by atoms with E-state index < -0.39 is 10.0 Å². The summed E-state index contributed by atoms with van der Waals surface area (Å²) in [5.41, 5.74) is 1.20. The Kier molecular flexibility index (Phi) is 3.68. The molecule has 2 aromatic rings. The number of imidazole rings is 1. The highest BCUT2D eigenvalue weighted by Gasteiger charge is 2.16. The minimum Gasteiger partial charge on any atom is -0.376 e. The van der Waals surface area contributed by atoms with Crippen LogP contribution in [-0.4, -0.2) is 32.5 Å². The lowest BCUT2D eigenvalue weighted by atomic mass is 10.3. The maximum absolute atomic E-state index is 12.0. The molecule has 102 valence electrons. The van der Waals surface area contributed by atoms with Gasteiger partial charge in [-0.15, -0.1) is 0 Å². The van der Waals surface area contributed by atoms with Gasteiger partial charge in [0.2, 0.25) is 0 Å². The Balaban J connectivity index is 2.28. The number of rotatable bonds is 4. The number of benzene rings is 1. The van der Waals surface area contributed by atoms with E-state index in [-0.39, 0.29) is 5.03 Å². The zero-order valence-corrected chi connectivity index (χ0v) is 12.0. The largest absolute Gasteiger partial charge is 0.376 e. The van der Waals surface area contributed by atoms with E-state index >= 15 is 0 Å². The van der Waals surface area contributed by atoms with Crippen molar-refractivity contribution in [2.24, 2.45) is 0 Å². The number of H-pyrrole nitrogens is 1. The second kappa shape index (κ2) is 5.10. The number of aromatic amines is 1. The van der Waals surface area contributed by atoms with E-state index in [9.17, 15) is 8.42 Å². The van der Waals surface area contributed by atoms with Gasteiger partial charge in [0.05, 0.1) is 28.9 Å². The quantitative estimate of drug-likeness (QED) is 0.904. The van der Waals surface area contributed by atoms with Gasteiger partial charge in [0, 0.05) is 14.1 Å². The van der Waals surface area contributed by atoms with Gasteiger partial charge in [-0.05, 0) is 18.2 Å². The molecule has 0 amide bonds. The molecule has 0 aliphatic heterocycles. The van der Waals surface area contributed by atoms with Gasteiger partial charge in [-0.3, -0.25) is 4.72 Å². The predicted octanol–water partition coefficient (Wildman–Crippen LogP) is 1.93. The Labute approximate surface area is 116 Å². The molecule has 0 bridgehead atoms. The van der Waals surface area contributed by atoms with E-state index in [0.717, 1.165) is 5.69 Å². The number of anilines is 2. The maximum Gasteiger partial charge on any atom is 0.278 e. The maximum atomic E-state index is 12.0. The summed E-state index contributed by atoms with van der Waals surface area (Å²) in [4.78, 5) is 8.06. The Bertz CT molecular complexity index is 668. The van der Waals surface area contributed by atoms with Crippen molar-refractivity contribution in [3.63, 3.8) is 0 Å². The number of sulfonamides is 1. The van der Waals surface area contributed by atoms with E-state index in [0.29, 0.717) is 10.7 Å². The number of hydrogen-bond donors (Lipinski definition) is 2. The van der Waals surface area contributed by atoms with Crippen LogP contribution in [0.1, 0.15) is 0 Å². The van der Waals surface area contributed by atoms with Gasteiger partial charge in [0.1, 0.15) is 0 Å². The molecule has 0 aliphatic carbocycles. The van der Waals surface area contributed by atoms with Crippen molar-refractivity contribution in [2.45, 2.75) is 5.03 Å². The van der Waals surface area contributed by atoms with Crippen molar-refractivity contribution in [1.29, 1.82) is 0 Å². The Morgan fingerprint density at radius 3 is 2.63 bits per heavy atom. The van der Waals surface area contributed by atoms with Gasteiger partial charge in [0.15, 0.2) is 5.03 Å². The van der Waals surface area contributed by atoms with E-state index in [1.165, 1.54) is 12.5 Å². The van der Waals surface area contributed by atoms with Crippen LogP contribution in [0.2, 0.25) is 5.02 Å². The van der Waals surface area contributed by atoms with Gasteiger partial charge in [-0.25, -0.2) is 4.98 Å². The highest BCUT2D eigenvalue weighted by Crippen LogP contribution is 2.28. The molecule has 0 atom stereocenters. The molecule has 1 aromatic heterocycles. The van der Waals surface area contributed by atoms with Gasteiger partial charge >= 0.3 is 0 Å². The molecule has 8 heteroatoms. The van der Waals surface area contributed by atoms with E-state index in [1.807, 2.05) is 19.0 Å². The number of nitrogens with zero attached hydrogens (tertiary/aromatic N) is 2. The van der Waals surface area contributed by atoms with Crippen LogP contribution in [0, 0.1) is 0 Å². The van der Waals surface area contributed by atoms with Crippen molar-refractivity contribution in [2.75, 3.05) is 23.7 Å². The highest BCUT2D eigenvalue weighted by atomic mass is 35.5. The Morgan fingerprint density at radius 1 is 1.37 bits per heavy atom. The van der Waals surface area contributed by atoms with Gasteiger partial charge < -0.3 is 9.88 Å². The summed E-state index contributed by atoms with van der Waals surface area (Å²) in [5, 5.41) is 0.468. The molecular formula is C11H13ClN4O2S. The van der Waals surface area contributed by atoms with Crippen LogP contribution in [-0.2, 0) is 10.0 Å². The number of halogens is 1. The molecule has 2 N–H and O–H groups in total. The summed E-state index contributed by atoms with van der Waals surface area (Å²) in [5.74, 6) is 0. The van der Waals surface area contributed by atoms with Crippen molar-refractivity contribution in [1.82, 2.24) is 9.97 Å². The summed E-state index contributed by atoms with van der Waals surface area (Å²) in [6.45, 7) is 0. The van der Waals surface area contributed by atoms with Crippen LogP contribution in [0.3, 0.4) is 0 Å². The predicted molar refractivity (Wildman–Crippen MR) is 75.2 cm³/mol. The van der Waals surface area contributed by atoms with Gasteiger partial charge in [-0.2, -0.15) is 8.42 Å². The van der Waals surface area contributed by atoms with Crippen molar-refractivity contribution >= 4 is 33.0 Å². The zero-order valence-electron chi connectivity index (χ0n) is 10.4. The van der Waals surface area contributed by atoms with Gasteiger partial charge in [-0.1, -0.05) is 11.6 Å². The third-order valence-corrected chi connectivity index (χ3v) is 4.05. The lowest BCUT2D eigenvalue weighted by Gasteiger charge is -2.15. The normalized spacial score (nSPS) is 11.3. The minimum atomic E-state index is -3.66. The molecule has 0 saturated carbocycles. The molecule has 6 nitrogen and oxygen atoms in total. The third kappa shape index (κ3) is 2.99. The summed E-state index contributed by atoms with van der Waals surface area (Å²) in [6, 6.07) is 4.95. The number of aromatic nitrogens is 2. The van der Waals surface area contributed by atoms with Crippen molar-refractivity contribution in [3.8, 4) is 0 Å². The van der Waals surface area contributed by atoms with Gasteiger partial charge in [0.25, 0.3) is 10.0 Å². The number of hydrogen-bond acceptors (Lipinski definition) is 4. The summed E-state index contributed by atoms with van der Waals surface area (Å²) < 4.78 is 26.3. The van der Waals surface area contributed by atoms with Crippen LogP contribution in [0.4, 0.5) is 11.4 Å². The average Bonchev–Trinajstić information content (AvgIpc) is 2.81. The average molecular weight is 301 g/mol. The first kappa shape index (κ1) is 13.7.